The first-order chi connectivity index (χ1) is 9.36. The number of alkyl halides is 3. The Morgan fingerprint density at radius 1 is 1.45 bits per heavy atom. The van der Waals surface area contributed by atoms with Crippen molar-refractivity contribution < 1.29 is 28.1 Å². The van der Waals surface area contributed by atoms with E-state index in [2.05, 4.69) is 0 Å². The lowest BCUT2D eigenvalue weighted by atomic mass is 10.1. The molecule has 1 aromatic rings. The molecule has 1 fully saturated rings. The van der Waals surface area contributed by atoms with Crippen molar-refractivity contribution in [3.05, 3.63) is 32.6 Å². The van der Waals surface area contributed by atoms with Crippen LogP contribution < -0.4 is 11.2 Å². The molecule has 20 heavy (non-hydrogen) atoms. The van der Waals surface area contributed by atoms with Gasteiger partial charge >= 0.3 is 5.69 Å². The van der Waals surface area contributed by atoms with Crippen molar-refractivity contribution in [2.45, 2.75) is 31.0 Å². The minimum Gasteiger partial charge on any atom is -0.394 e. The number of aliphatic hydroxyl groups is 2. The Morgan fingerprint density at radius 2 is 2.10 bits per heavy atom. The number of ether oxygens (including phenoxy) is 1. The quantitative estimate of drug-likeness (QED) is 0.668. The highest BCUT2D eigenvalue weighted by molar-refractivity contribution is 5.07. The summed E-state index contributed by atoms with van der Waals surface area (Å²) >= 11 is 0. The lowest BCUT2D eigenvalue weighted by molar-refractivity contribution is -0.0495. The molecular formula is C10H11F3N2O5. The fourth-order valence-corrected chi connectivity index (χ4v) is 1.92. The largest absolute Gasteiger partial charge is 0.394 e. The maximum Gasteiger partial charge on any atom is 0.330 e. The van der Waals surface area contributed by atoms with E-state index in [-0.39, 0.29) is 0 Å². The monoisotopic (exact) mass is 296 g/mol. The lowest BCUT2D eigenvalue weighted by Crippen LogP contribution is -2.37. The highest BCUT2D eigenvalue weighted by Gasteiger charge is 2.45. The first-order valence-corrected chi connectivity index (χ1v) is 5.58. The summed E-state index contributed by atoms with van der Waals surface area (Å²) in [5.41, 5.74) is -3.46. The van der Waals surface area contributed by atoms with Gasteiger partial charge in [0.25, 0.3) is 12.0 Å². The topological polar surface area (TPSA) is 105 Å². The number of aliphatic hydroxyl groups excluding tert-OH is 2. The molecule has 0 bridgehead atoms. The zero-order valence-corrected chi connectivity index (χ0v) is 9.87. The molecule has 0 spiro atoms. The van der Waals surface area contributed by atoms with E-state index >= 15 is 0 Å². The second-order valence-corrected chi connectivity index (χ2v) is 4.23. The molecule has 1 aliphatic rings. The fraction of sp³-hybridized carbons (Fsp3) is 0.600. The first-order valence-electron chi connectivity index (χ1n) is 5.58. The minimum absolute atomic E-state index is 0.423. The van der Waals surface area contributed by atoms with Gasteiger partial charge in [0.05, 0.1) is 12.2 Å². The van der Waals surface area contributed by atoms with Crippen LogP contribution in [0.1, 0.15) is 18.2 Å². The van der Waals surface area contributed by atoms with Crippen LogP contribution in [0.3, 0.4) is 0 Å². The summed E-state index contributed by atoms with van der Waals surface area (Å²) in [4.78, 5) is 24.3. The molecule has 10 heteroatoms. The molecule has 0 unspecified atom stereocenters. The van der Waals surface area contributed by atoms with E-state index in [1.54, 1.807) is 4.98 Å². The molecule has 3 N–H and O–H groups in total. The predicted molar refractivity (Wildman–Crippen MR) is 58.2 cm³/mol. The molecular weight excluding hydrogens is 285 g/mol. The molecule has 0 radical (unpaired) electrons. The van der Waals surface area contributed by atoms with E-state index in [4.69, 9.17) is 9.84 Å². The van der Waals surface area contributed by atoms with Crippen molar-refractivity contribution in [1.82, 2.24) is 9.55 Å². The van der Waals surface area contributed by atoms with Gasteiger partial charge < -0.3 is 14.9 Å². The molecule has 4 atom stereocenters. The van der Waals surface area contributed by atoms with Crippen LogP contribution in [0.25, 0.3) is 0 Å². The number of H-pyrrole nitrogens is 1. The standard InChI is InChI=1S/C10H11F3N2O5/c11-5-6(17)4(2-16)20-9(5)15-1-3(7(12)13)8(18)14-10(15)19/h1,4-7,9,16-17H,2H2,(H,14,18,19)/t4-,5-,6-,9-/m1/s1. The summed E-state index contributed by atoms with van der Waals surface area (Å²) in [6.45, 7) is -0.710. The SMILES string of the molecule is O=c1[nH]c(=O)n([C@@H]2O[C@H](CO)[C@@H](O)[C@H]2F)cc1C(F)F. The maximum atomic E-state index is 13.8. The second kappa shape index (κ2) is 5.38. The number of hydrogen-bond acceptors (Lipinski definition) is 5. The van der Waals surface area contributed by atoms with Crippen LogP contribution in [0, 0.1) is 0 Å². The second-order valence-electron chi connectivity index (χ2n) is 4.23. The van der Waals surface area contributed by atoms with E-state index in [9.17, 15) is 27.9 Å². The summed E-state index contributed by atoms with van der Waals surface area (Å²) in [6, 6.07) is 0. The number of aromatic amines is 1. The van der Waals surface area contributed by atoms with Gasteiger partial charge in [-0.2, -0.15) is 0 Å². The molecule has 2 heterocycles. The molecule has 0 amide bonds. The number of halogens is 3. The molecule has 112 valence electrons. The van der Waals surface area contributed by atoms with Crippen molar-refractivity contribution >= 4 is 0 Å². The smallest absolute Gasteiger partial charge is 0.330 e. The van der Waals surface area contributed by atoms with Gasteiger partial charge in [0.1, 0.15) is 12.2 Å². The Labute approximate surface area is 109 Å². The zero-order chi connectivity index (χ0) is 15.0. The number of nitrogens with zero attached hydrogens (tertiary/aromatic N) is 1. The third kappa shape index (κ3) is 2.37. The molecule has 0 aromatic carbocycles. The molecule has 2 rings (SSSR count). The Balaban J connectivity index is 2.46. The summed E-state index contributed by atoms with van der Waals surface area (Å²) in [5.74, 6) is 0. The molecule has 1 aliphatic heterocycles. The minimum atomic E-state index is -3.16. The number of hydrogen-bond donors (Lipinski definition) is 3. The van der Waals surface area contributed by atoms with Gasteiger partial charge in [0.2, 0.25) is 0 Å². The first kappa shape index (κ1) is 14.8. The van der Waals surface area contributed by atoms with E-state index in [0.29, 0.717) is 10.8 Å². The molecule has 0 aliphatic carbocycles. The summed E-state index contributed by atoms with van der Waals surface area (Å²) in [5, 5.41) is 18.3. The Morgan fingerprint density at radius 3 is 2.60 bits per heavy atom. The summed E-state index contributed by atoms with van der Waals surface area (Å²) in [7, 11) is 0. The molecule has 1 aromatic heterocycles. The third-order valence-corrected chi connectivity index (χ3v) is 2.98. The van der Waals surface area contributed by atoms with Crippen LogP contribution in [-0.4, -0.2) is 44.8 Å². The lowest BCUT2D eigenvalue weighted by Gasteiger charge is -2.16. The predicted octanol–water partition coefficient (Wildman–Crippen LogP) is -0.937. The Hall–Kier alpha value is -1.65. The van der Waals surface area contributed by atoms with Crippen molar-refractivity contribution in [2.24, 2.45) is 0 Å². The average molecular weight is 296 g/mol. The van der Waals surface area contributed by atoms with Crippen LogP contribution in [0.5, 0.6) is 0 Å². The summed E-state index contributed by atoms with van der Waals surface area (Å²) < 4.78 is 44.3. The van der Waals surface area contributed by atoms with E-state index in [0.717, 1.165) is 0 Å². The normalized spacial score (nSPS) is 30.1. The van der Waals surface area contributed by atoms with E-state index in [1.807, 2.05) is 0 Å². The maximum absolute atomic E-state index is 13.8. The molecule has 7 nitrogen and oxygen atoms in total. The number of nitrogens with one attached hydrogen (secondary N) is 1. The van der Waals surface area contributed by atoms with Gasteiger partial charge in [-0.3, -0.25) is 14.3 Å². The van der Waals surface area contributed by atoms with Crippen LogP contribution >= 0.6 is 0 Å². The van der Waals surface area contributed by atoms with Gasteiger partial charge in [-0.15, -0.1) is 0 Å². The van der Waals surface area contributed by atoms with Crippen molar-refractivity contribution in [3.63, 3.8) is 0 Å². The van der Waals surface area contributed by atoms with Gasteiger partial charge in [-0.1, -0.05) is 0 Å². The molecule has 1 saturated heterocycles. The van der Waals surface area contributed by atoms with Crippen LogP contribution in [0.4, 0.5) is 13.2 Å². The van der Waals surface area contributed by atoms with E-state index in [1.165, 1.54) is 0 Å². The average Bonchev–Trinajstić information content (AvgIpc) is 2.66. The Kier molecular flexibility index (Phi) is 3.97. The van der Waals surface area contributed by atoms with Gasteiger partial charge in [0.15, 0.2) is 12.4 Å². The van der Waals surface area contributed by atoms with E-state index < -0.39 is 54.5 Å². The van der Waals surface area contributed by atoms with Crippen molar-refractivity contribution in [2.75, 3.05) is 6.61 Å². The van der Waals surface area contributed by atoms with Gasteiger partial charge in [-0.25, -0.2) is 18.0 Å². The van der Waals surface area contributed by atoms with Crippen molar-refractivity contribution in [1.29, 1.82) is 0 Å². The Bertz CT molecular complexity index is 601. The zero-order valence-electron chi connectivity index (χ0n) is 9.87. The van der Waals surface area contributed by atoms with Gasteiger partial charge in [0, 0.05) is 6.20 Å². The van der Waals surface area contributed by atoms with Crippen LogP contribution in [0.2, 0.25) is 0 Å². The van der Waals surface area contributed by atoms with Gasteiger partial charge in [-0.05, 0) is 0 Å². The summed E-state index contributed by atoms with van der Waals surface area (Å²) in [6.07, 6.45) is -9.49. The van der Waals surface area contributed by atoms with Crippen LogP contribution in [-0.2, 0) is 4.74 Å². The fourth-order valence-electron chi connectivity index (χ4n) is 1.92. The highest BCUT2D eigenvalue weighted by Crippen LogP contribution is 2.31. The van der Waals surface area contributed by atoms with Crippen molar-refractivity contribution in [3.8, 4) is 0 Å². The highest BCUT2D eigenvalue weighted by atomic mass is 19.3. The molecule has 0 saturated carbocycles. The van der Waals surface area contributed by atoms with Crippen LogP contribution in [0.15, 0.2) is 15.8 Å². The third-order valence-electron chi connectivity index (χ3n) is 2.98. The number of aromatic nitrogens is 2. The number of rotatable bonds is 3.